The molecule has 0 amide bonds. The zero-order valence-electron chi connectivity index (χ0n) is 10.9. The minimum absolute atomic E-state index is 0.300. The maximum atomic E-state index is 11.9. The molecule has 0 aliphatic heterocycles. The van der Waals surface area contributed by atoms with Crippen molar-refractivity contribution in [1.82, 2.24) is 0 Å². The van der Waals surface area contributed by atoms with E-state index in [0.717, 1.165) is 5.69 Å². The van der Waals surface area contributed by atoms with E-state index in [0.29, 0.717) is 20.9 Å². The molecule has 1 aromatic carbocycles. The molecule has 19 heavy (non-hydrogen) atoms. The third-order valence-electron chi connectivity index (χ3n) is 2.72. The Balaban J connectivity index is 2.29. The molecule has 5 heteroatoms. The highest BCUT2D eigenvalue weighted by molar-refractivity contribution is 5.71. The molecule has 0 saturated heterocycles. The van der Waals surface area contributed by atoms with Crippen LogP contribution in [0.25, 0.3) is 0 Å². The van der Waals surface area contributed by atoms with E-state index in [-0.39, 0.29) is 0 Å². The first-order valence-electron chi connectivity index (χ1n) is 5.85. The molecule has 0 aliphatic rings. The standard InChI is InChI=1S/C14H15N3O2/c1-15(2)12-6-8-13(9-7-12)17(19)11-14-5-3-4-10-16(14)18/h3-11H,1-2H3/b17-11-. The Labute approximate surface area is 111 Å². The average molecular weight is 257 g/mol. The number of rotatable bonds is 3. The summed E-state index contributed by atoms with van der Waals surface area (Å²) < 4.78 is 1.34. The molecular weight excluding hydrogens is 242 g/mol. The van der Waals surface area contributed by atoms with Gasteiger partial charge in [0.05, 0.1) is 0 Å². The van der Waals surface area contributed by atoms with Crippen LogP contribution in [0.5, 0.6) is 0 Å². The highest BCUT2D eigenvalue weighted by Gasteiger charge is 2.07. The second kappa shape index (κ2) is 5.39. The molecule has 0 N–H and O–H groups in total. The maximum Gasteiger partial charge on any atom is 0.281 e. The minimum Gasteiger partial charge on any atom is -0.618 e. The number of benzene rings is 1. The summed E-state index contributed by atoms with van der Waals surface area (Å²) in [6, 6.07) is 12.1. The van der Waals surface area contributed by atoms with E-state index >= 15 is 0 Å². The van der Waals surface area contributed by atoms with Crippen LogP contribution in [0.4, 0.5) is 11.4 Å². The lowest BCUT2D eigenvalue weighted by atomic mass is 10.2. The third kappa shape index (κ3) is 3.01. The van der Waals surface area contributed by atoms with Crippen LogP contribution >= 0.6 is 0 Å². The van der Waals surface area contributed by atoms with Gasteiger partial charge in [-0.1, -0.05) is 0 Å². The predicted molar refractivity (Wildman–Crippen MR) is 74.6 cm³/mol. The van der Waals surface area contributed by atoms with E-state index < -0.39 is 0 Å². The van der Waals surface area contributed by atoms with Gasteiger partial charge in [-0.2, -0.15) is 9.47 Å². The summed E-state index contributed by atoms with van der Waals surface area (Å²) in [7, 11) is 3.86. The van der Waals surface area contributed by atoms with Crippen LogP contribution in [-0.2, 0) is 0 Å². The average Bonchev–Trinajstić information content (AvgIpc) is 2.41. The summed E-state index contributed by atoms with van der Waals surface area (Å²) in [6.45, 7) is 0. The third-order valence-corrected chi connectivity index (χ3v) is 2.72. The Bertz CT molecular complexity index is 592. The molecule has 0 spiro atoms. The fraction of sp³-hybridized carbons (Fsp3) is 0.143. The summed E-state index contributed by atoms with van der Waals surface area (Å²) >= 11 is 0. The van der Waals surface area contributed by atoms with Crippen LogP contribution in [0.1, 0.15) is 5.69 Å². The summed E-state index contributed by atoms with van der Waals surface area (Å²) in [5.74, 6) is 0. The topological polar surface area (TPSA) is 56.2 Å². The first-order valence-corrected chi connectivity index (χ1v) is 5.85. The van der Waals surface area contributed by atoms with Gasteiger partial charge in [0.2, 0.25) is 5.69 Å². The summed E-state index contributed by atoms with van der Waals surface area (Å²) in [4.78, 5) is 1.95. The van der Waals surface area contributed by atoms with Crippen molar-refractivity contribution in [1.29, 1.82) is 0 Å². The van der Waals surface area contributed by atoms with Crippen LogP contribution in [0.3, 0.4) is 0 Å². The Kier molecular flexibility index (Phi) is 3.66. The van der Waals surface area contributed by atoms with Gasteiger partial charge in [0.1, 0.15) is 0 Å². The largest absolute Gasteiger partial charge is 0.618 e. The molecule has 2 aromatic rings. The van der Waals surface area contributed by atoms with Crippen molar-refractivity contribution in [3.8, 4) is 0 Å². The fourth-order valence-electron chi connectivity index (χ4n) is 1.63. The number of nitrogens with zero attached hydrogens (tertiary/aromatic N) is 3. The summed E-state index contributed by atoms with van der Waals surface area (Å²) in [5, 5.41) is 23.4. The highest BCUT2D eigenvalue weighted by Crippen LogP contribution is 2.17. The lowest BCUT2D eigenvalue weighted by molar-refractivity contribution is -0.608. The van der Waals surface area contributed by atoms with Gasteiger partial charge in [-0.25, -0.2) is 0 Å². The second-order valence-corrected chi connectivity index (χ2v) is 4.32. The number of hydrogen-bond acceptors (Lipinski definition) is 3. The Hall–Kier alpha value is -2.56. The van der Waals surface area contributed by atoms with Gasteiger partial charge in [0.15, 0.2) is 6.20 Å². The Morgan fingerprint density at radius 2 is 1.79 bits per heavy atom. The predicted octanol–water partition coefficient (Wildman–Crippen LogP) is 1.65. The molecule has 1 aromatic heterocycles. The molecule has 98 valence electrons. The van der Waals surface area contributed by atoms with Crippen molar-refractivity contribution in [3.05, 3.63) is 64.8 Å². The molecule has 0 unspecified atom stereocenters. The van der Waals surface area contributed by atoms with Gasteiger partial charge in [-0.3, -0.25) is 0 Å². The van der Waals surface area contributed by atoms with Crippen LogP contribution < -0.4 is 9.63 Å². The Morgan fingerprint density at radius 3 is 2.37 bits per heavy atom. The number of pyridine rings is 1. The van der Waals surface area contributed by atoms with Crippen LogP contribution in [0.2, 0.25) is 0 Å². The van der Waals surface area contributed by atoms with E-state index in [4.69, 9.17) is 0 Å². The first-order chi connectivity index (χ1) is 9.08. The molecule has 0 saturated carbocycles. The fourth-order valence-corrected chi connectivity index (χ4v) is 1.63. The number of hydrogen-bond donors (Lipinski definition) is 0. The van der Waals surface area contributed by atoms with Crippen LogP contribution in [0.15, 0.2) is 48.7 Å². The SMILES string of the molecule is CN(C)c1ccc(/[N+]([O-])=C/c2cccc[n+]2[O-])cc1. The maximum absolute atomic E-state index is 11.9. The smallest absolute Gasteiger partial charge is 0.281 e. The molecule has 0 aliphatic carbocycles. The van der Waals surface area contributed by atoms with Crippen molar-refractivity contribution in [2.45, 2.75) is 0 Å². The molecule has 5 nitrogen and oxygen atoms in total. The molecule has 1 heterocycles. The van der Waals surface area contributed by atoms with Gasteiger partial charge < -0.3 is 15.3 Å². The zero-order valence-corrected chi connectivity index (χ0v) is 10.9. The van der Waals surface area contributed by atoms with E-state index in [1.54, 1.807) is 30.3 Å². The van der Waals surface area contributed by atoms with Crippen molar-refractivity contribution >= 4 is 17.6 Å². The Morgan fingerprint density at radius 1 is 1.11 bits per heavy atom. The van der Waals surface area contributed by atoms with Crippen molar-refractivity contribution in [2.75, 3.05) is 19.0 Å². The zero-order chi connectivity index (χ0) is 13.8. The van der Waals surface area contributed by atoms with E-state index in [2.05, 4.69) is 0 Å². The summed E-state index contributed by atoms with van der Waals surface area (Å²) in [5.41, 5.74) is 1.79. The van der Waals surface area contributed by atoms with Gasteiger partial charge in [-0.15, -0.1) is 0 Å². The van der Waals surface area contributed by atoms with Crippen LogP contribution in [0, 0.1) is 10.4 Å². The number of anilines is 1. The molecule has 0 radical (unpaired) electrons. The minimum atomic E-state index is 0.300. The molecule has 2 rings (SSSR count). The molecule has 0 atom stereocenters. The monoisotopic (exact) mass is 257 g/mol. The van der Waals surface area contributed by atoms with Gasteiger partial charge in [-0.05, 0) is 18.2 Å². The van der Waals surface area contributed by atoms with E-state index in [1.165, 1.54) is 12.4 Å². The second-order valence-electron chi connectivity index (χ2n) is 4.32. The first kappa shape index (κ1) is 12.9. The van der Waals surface area contributed by atoms with Crippen molar-refractivity contribution < 1.29 is 9.47 Å². The highest BCUT2D eigenvalue weighted by atomic mass is 16.5. The van der Waals surface area contributed by atoms with Gasteiger partial charge >= 0.3 is 0 Å². The quantitative estimate of drug-likeness (QED) is 0.363. The lowest BCUT2D eigenvalue weighted by Gasteiger charge is -2.12. The summed E-state index contributed by atoms with van der Waals surface area (Å²) in [6.07, 6.45) is 2.62. The van der Waals surface area contributed by atoms with Crippen molar-refractivity contribution in [3.63, 3.8) is 0 Å². The lowest BCUT2D eigenvalue weighted by Crippen LogP contribution is -2.31. The van der Waals surface area contributed by atoms with E-state index in [9.17, 15) is 10.4 Å². The van der Waals surface area contributed by atoms with Crippen molar-refractivity contribution in [2.24, 2.45) is 0 Å². The molecule has 0 bridgehead atoms. The number of aromatic nitrogens is 1. The van der Waals surface area contributed by atoms with Gasteiger partial charge in [0, 0.05) is 44.0 Å². The normalized spacial score (nSPS) is 11.4. The molecular formula is C14H15N3O2. The molecule has 0 fully saturated rings. The van der Waals surface area contributed by atoms with Crippen LogP contribution in [-0.4, -0.2) is 25.0 Å². The van der Waals surface area contributed by atoms with Gasteiger partial charge in [0.25, 0.3) is 11.9 Å². The van der Waals surface area contributed by atoms with E-state index in [1.807, 2.05) is 31.1 Å².